The van der Waals surface area contributed by atoms with Crippen LogP contribution in [0.25, 0.3) is 11.4 Å². The molecule has 2 aromatic heterocycles. The third-order valence-corrected chi connectivity index (χ3v) is 4.77. The van der Waals surface area contributed by atoms with Gasteiger partial charge in [-0.05, 0) is 43.5 Å². The molecule has 0 aliphatic heterocycles. The molecule has 0 bridgehead atoms. The van der Waals surface area contributed by atoms with Crippen molar-refractivity contribution in [2.75, 3.05) is 0 Å². The number of carbonyl (C=O) groups is 1. The number of H-pyrrole nitrogens is 1. The molecule has 1 N–H and O–H groups in total. The van der Waals surface area contributed by atoms with Crippen molar-refractivity contribution in [1.82, 2.24) is 15.1 Å². The number of carbonyl (C=O) groups excluding carboxylic acids is 1. The smallest absolute Gasteiger partial charge is 0.306 e. The highest BCUT2D eigenvalue weighted by molar-refractivity contribution is 6.33. The van der Waals surface area contributed by atoms with Crippen LogP contribution in [0.1, 0.15) is 34.7 Å². The van der Waals surface area contributed by atoms with Gasteiger partial charge in [0.25, 0.3) is 11.4 Å². The predicted octanol–water partition coefficient (Wildman–Crippen LogP) is 3.24. The monoisotopic (exact) mass is 412 g/mol. The van der Waals surface area contributed by atoms with E-state index in [4.69, 9.17) is 26.1 Å². The van der Waals surface area contributed by atoms with Gasteiger partial charge in [0.2, 0.25) is 5.82 Å². The number of nitriles is 1. The Kier molecular flexibility index (Phi) is 6.10. The molecule has 3 aromatic rings. The zero-order valence-electron chi connectivity index (χ0n) is 15.8. The molecule has 0 radical (unpaired) electrons. The van der Waals surface area contributed by atoms with Gasteiger partial charge in [-0.15, -0.1) is 0 Å². The first-order valence-corrected chi connectivity index (χ1v) is 9.14. The maximum Gasteiger partial charge on any atom is 0.306 e. The summed E-state index contributed by atoms with van der Waals surface area (Å²) < 4.78 is 10.3. The average Bonchev–Trinajstić information content (AvgIpc) is 3.15. The van der Waals surface area contributed by atoms with Crippen LogP contribution in [0.4, 0.5) is 0 Å². The van der Waals surface area contributed by atoms with Crippen molar-refractivity contribution in [3.8, 4) is 17.5 Å². The highest BCUT2D eigenvalue weighted by Crippen LogP contribution is 2.25. The Balaban J connectivity index is 1.60. The number of aromatic amines is 1. The van der Waals surface area contributed by atoms with Crippen LogP contribution in [0.5, 0.6) is 0 Å². The van der Waals surface area contributed by atoms with Crippen LogP contribution in [0.3, 0.4) is 0 Å². The van der Waals surface area contributed by atoms with Gasteiger partial charge in [0.15, 0.2) is 6.61 Å². The van der Waals surface area contributed by atoms with E-state index >= 15 is 0 Å². The topological polar surface area (TPSA) is 122 Å². The molecule has 9 heteroatoms. The van der Waals surface area contributed by atoms with Crippen LogP contribution < -0.4 is 5.56 Å². The second-order valence-electron chi connectivity index (χ2n) is 6.32. The van der Waals surface area contributed by atoms with E-state index in [1.54, 1.807) is 38.1 Å². The fourth-order valence-corrected chi connectivity index (χ4v) is 3.15. The molecule has 0 atom stereocenters. The normalized spacial score (nSPS) is 10.6. The highest BCUT2D eigenvalue weighted by Gasteiger charge is 2.16. The lowest BCUT2D eigenvalue weighted by molar-refractivity contribution is -0.145. The van der Waals surface area contributed by atoms with Gasteiger partial charge < -0.3 is 14.2 Å². The molecule has 0 aliphatic carbocycles. The van der Waals surface area contributed by atoms with Crippen molar-refractivity contribution in [2.45, 2.75) is 33.3 Å². The van der Waals surface area contributed by atoms with Crippen molar-refractivity contribution in [3.05, 3.63) is 67.9 Å². The van der Waals surface area contributed by atoms with Gasteiger partial charge >= 0.3 is 5.97 Å². The van der Waals surface area contributed by atoms with Gasteiger partial charge in [-0.2, -0.15) is 10.2 Å². The number of aryl methyl sites for hydroxylation is 1. The van der Waals surface area contributed by atoms with Crippen LogP contribution in [0.2, 0.25) is 5.02 Å². The Labute approximate surface area is 171 Å². The molecular weight excluding hydrogens is 396 g/mol. The molecule has 0 aliphatic rings. The fourth-order valence-electron chi connectivity index (χ4n) is 2.93. The number of nitrogens with one attached hydrogen (secondary N) is 1. The largest absolute Gasteiger partial charge is 0.456 e. The van der Waals surface area contributed by atoms with Gasteiger partial charge in [-0.3, -0.25) is 9.59 Å². The molecule has 0 saturated heterocycles. The number of nitrogens with zero attached hydrogens (tertiary/aromatic N) is 3. The summed E-state index contributed by atoms with van der Waals surface area (Å²) in [6, 6.07) is 8.95. The van der Waals surface area contributed by atoms with Crippen LogP contribution in [-0.2, 0) is 22.6 Å². The van der Waals surface area contributed by atoms with E-state index in [-0.39, 0.29) is 24.5 Å². The lowest BCUT2D eigenvalue weighted by Gasteiger charge is -2.10. The maximum atomic E-state index is 12.1. The summed E-state index contributed by atoms with van der Waals surface area (Å²) >= 11 is 6.10. The summed E-state index contributed by atoms with van der Waals surface area (Å²) in [5, 5.41) is 13.4. The summed E-state index contributed by atoms with van der Waals surface area (Å²) in [5.41, 5.74) is 2.18. The van der Waals surface area contributed by atoms with Crippen molar-refractivity contribution in [1.29, 1.82) is 5.26 Å². The number of hydrogen-bond donors (Lipinski definition) is 1. The number of aromatic nitrogens is 3. The van der Waals surface area contributed by atoms with Crippen LogP contribution in [0, 0.1) is 25.2 Å². The van der Waals surface area contributed by atoms with Crippen molar-refractivity contribution in [2.24, 2.45) is 0 Å². The van der Waals surface area contributed by atoms with Gasteiger partial charge in [-0.25, -0.2) is 0 Å². The Bertz CT molecular complexity index is 1160. The molecule has 0 saturated carbocycles. The zero-order valence-corrected chi connectivity index (χ0v) is 16.5. The van der Waals surface area contributed by atoms with Crippen LogP contribution in [-0.4, -0.2) is 21.1 Å². The SMILES string of the molecule is Cc1[nH]c(=O)c(C#N)c(C)c1CCC(=O)OCc1nc(-c2ccccc2Cl)no1. The number of benzene rings is 1. The molecule has 3 rings (SSSR count). The third-order valence-electron chi connectivity index (χ3n) is 4.44. The van der Waals surface area contributed by atoms with E-state index < -0.39 is 11.5 Å². The van der Waals surface area contributed by atoms with E-state index in [1.165, 1.54) is 0 Å². The minimum absolute atomic E-state index is 0.0527. The molecule has 2 heterocycles. The lowest BCUT2D eigenvalue weighted by atomic mass is 9.99. The second-order valence-corrected chi connectivity index (χ2v) is 6.73. The fraction of sp³-hybridized carbons (Fsp3) is 0.250. The molecular formula is C20H17ClN4O4. The summed E-state index contributed by atoms with van der Waals surface area (Å²) in [6.07, 6.45) is 0.404. The minimum Gasteiger partial charge on any atom is -0.456 e. The quantitative estimate of drug-likeness (QED) is 0.616. The van der Waals surface area contributed by atoms with Gasteiger partial charge in [-0.1, -0.05) is 28.9 Å². The van der Waals surface area contributed by atoms with Gasteiger partial charge in [0, 0.05) is 17.7 Å². The van der Waals surface area contributed by atoms with E-state index in [2.05, 4.69) is 15.1 Å². The van der Waals surface area contributed by atoms with E-state index in [0.29, 0.717) is 34.1 Å². The molecule has 0 spiro atoms. The summed E-state index contributed by atoms with van der Waals surface area (Å²) in [4.78, 5) is 30.7. The summed E-state index contributed by atoms with van der Waals surface area (Å²) in [6.45, 7) is 3.25. The molecule has 29 heavy (non-hydrogen) atoms. The predicted molar refractivity (Wildman–Crippen MR) is 104 cm³/mol. The number of halogens is 1. The van der Waals surface area contributed by atoms with E-state index in [9.17, 15) is 9.59 Å². The second kappa shape index (κ2) is 8.71. The Morgan fingerprint density at radius 3 is 2.83 bits per heavy atom. The minimum atomic E-state index is -0.467. The number of ether oxygens (including phenoxy) is 1. The molecule has 148 valence electrons. The average molecular weight is 413 g/mol. The first-order valence-electron chi connectivity index (χ1n) is 8.76. The zero-order chi connectivity index (χ0) is 21.0. The number of esters is 1. The maximum absolute atomic E-state index is 12.1. The first-order chi connectivity index (χ1) is 13.9. The molecule has 0 amide bonds. The Hall–Kier alpha value is -3.44. The standard InChI is InChI=1S/C20H17ClN4O4/c1-11-13(12(2)23-20(27)15(11)9-22)7-8-18(26)28-10-17-24-19(25-29-17)14-5-3-4-6-16(14)21/h3-6H,7-8,10H2,1-2H3,(H,23,27). The van der Waals surface area contributed by atoms with Crippen molar-refractivity contribution < 1.29 is 14.1 Å². The molecule has 0 fully saturated rings. The van der Waals surface area contributed by atoms with Crippen molar-refractivity contribution >= 4 is 17.6 Å². The van der Waals surface area contributed by atoms with Gasteiger partial charge in [0.1, 0.15) is 11.6 Å². The van der Waals surface area contributed by atoms with Gasteiger partial charge in [0.05, 0.1) is 5.02 Å². The number of hydrogen-bond acceptors (Lipinski definition) is 7. The summed E-state index contributed by atoms with van der Waals surface area (Å²) in [5.74, 6) is -0.00684. The van der Waals surface area contributed by atoms with E-state index in [1.807, 2.05) is 6.07 Å². The number of rotatable bonds is 6. The van der Waals surface area contributed by atoms with Crippen LogP contribution >= 0.6 is 11.6 Å². The van der Waals surface area contributed by atoms with Crippen molar-refractivity contribution in [3.63, 3.8) is 0 Å². The first kappa shape index (κ1) is 20.3. The van der Waals surface area contributed by atoms with Crippen LogP contribution in [0.15, 0.2) is 33.6 Å². The highest BCUT2D eigenvalue weighted by atomic mass is 35.5. The Morgan fingerprint density at radius 1 is 1.34 bits per heavy atom. The lowest BCUT2D eigenvalue weighted by Crippen LogP contribution is -2.17. The Morgan fingerprint density at radius 2 is 2.10 bits per heavy atom. The molecule has 0 unspecified atom stereocenters. The summed E-state index contributed by atoms with van der Waals surface area (Å²) in [7, 11) is 0. The molecule has 8 nitrogen and oxygen atoms in total. The molecule has 1 aromatic carbocycles. The van der Waals surface area contributed by atoms with E-state index in [0.717, 1.165) is 5.56 Å². The third kappa shape index (κ3) is 4.52. The number of pyridine rings is 1.